The molecule has 1 aromatic rings. The van der Waals surface area contributed by atoms with Crippen LogP contribution in [0.5, 0.6) is 11.5 Å². The molecule has 1 atom stereocenters. The zero-order chi connectivity index (χ0) is 14.2. The van der Waals surface area contributed by atoms with Gasteiger partial charge in [0.1, 0.15) is 18.1 Å². The van der Waals surface area contributed by atoms with Crippen molar-refractivity contribution in [2.24, 2.45) is 0 Å². The van der Waals surface area contributed by atoms with Gasteiger partial charge in [0.05, 0.1) is 6.61 Å². The number of likely N-dealkylation sites (N-methyl/N-ethyl adjacent to an activating group) is 1. The molecule has 4 nitrogen and oxygen atoms in total. The van der Waals surface area contributed by atoms with Crippen LogP contribution in [0, 0.1) is 0 Å². The van der Waals surface area contributed by atoms with Crippen LogP contribution in [0.1, 0.15) is 19.8 Å². The van der Waals surface area contributed by atoms with Gasteiger partial charge in [0, 0.05) is 19.1 Å². The van der Waals surface area contributed by atoms with E-state index in [9.17, 15) is 0 Å². The van der Waals surface area contributed by atoms with E-state index in [1.807, 2.05) is 24.3 Å². The van der Waals surface area contributed by atoms with Crippen LogP contribution in [0.15, 0.2) is 24.3 Å². The molecule has 0 spiro atoms. The minimum Gasteiger partial charge on any atom is -0.494 e. The molecule has 0 bridgehead atoms. The molecule has 120 valence electrons. The molecular weight excluding hydrogens is 288 g/mol. The summed E-state index contributed by atoms with van der Waals surface area (Å²) in [6.45, 7) is 6.78. The fraction of sp³-hybridized carbons (Fsp3) is 0.625. The Kier molecular flexibility index (Phi) is 8.50. The van der Waals surface area contributed by atoms with Gasteiger partial charge in [-0.3, -0.25) is 4.90 Å². The average Bonchev–Trinajstić information content (AvgIpc) is 3.00. The Hall–Kier alpha value is -0.970. The van der Waals surface area contributed by atoms with Crippen molar-refractivity contribution in [2.45, 2.75) is 25.8 Å². The summed E-state index contributed by atoms with van der Waals surface area (Å²) in [4.78, 5) is 2.37. The van der Waals surface area contributed by atoms with Crippen molar-refractivity contribution >= 4 is 12.4 Å². The Balaban J connectivity index is 0.00000220. The van der Waals surface area contributed by atoms with Crippen LogP contribution in [-0.2, 0) is 0 Å². The van der Waals surface area contributed by atoms with E-state index in [2.05, 4.69) is 24.2 Å². The fourth-order valence-electron chi connectivity index (χ4n) is 2.36. The van der Waals surface area contributed by atoms with Crippen LogP contribution < -0.4 is 14.8 Å². The normalized spacial score (nSPS) is 17.6. The third-order valence-electron chi connectivity index (χ3n) is 3.67. The first kappa shape index (κ1) is 18.1. The highest BCUT2D eigenvalue weighted by atomic mass is 35.5. The molecule has 0 saturated carbocycles. The average molecular weight is 315 g/mol. The standard InChI is InChI=1S/C16H26N2O2.ClH/c1-3-11-19-15-4-6-16(7-5-15)20-12-10-18(2)14-8-9-17-13-14;/h4-7,14,17H,3,8-13H2,1-2H3;1H. The smallest absolute Gasteiger partial charge is 0.119 e. The molecular formula is C16H27ClN2O2. The van der Waals surface area contributed by atoms with Crippen LogP contribution in [0.3, 0.4) is 0 Å². The lowest BCUT2D eigenvalue weighted by molar-refractivity contribution is 0.199. The monoisotopic (exact) mass is 314 g/mol. The Morgan fingerprint density at radius 2 is 1.76 bits per heavy atom. The number of rotatable bonds is 8. The molecule has 1 aliphatic heterocycles. The van der Waals surface area contributed by atoms with E-state index in [0.29, 0.717) is 6.04 Å². The summed E-state index contributed by atoms with van der Waals surface area (Å²) in [5.74, 6) is 1.82. The van der Waals surface area contributed by atoms with Crippen molar-refractivity contribution in [3.8, 4) is 11.5 Å². The largest absolute Gasteiger partial charge is 0.494 e. The molecule has 0 amide bonds. The van der Waals surface area contributed by atoms with Crippen molar-refractivity contribution in [2.75, 3.05) is 39.9 Å². The lowest BCUT2D eigenvalue weighted by Gasteiger charge is -2.23. The SMILES string of the molecule is CCCOc1ccc(OCCN(C)C2CCNC2)cc1.Cl. The van der Waals surface area contributed by atoms with Gasteiger partial charge in [-0.1, -0.05) is 6.92 Å². The molecule has 1 N–H and O–H groups in total. The van der Waals surface area contributed by atoms with Gasteiger partial charge in [0.15, 0.2) is 0 Å². The summed E-state index contributed by atoms with van der Waals surface area (Å²) in [7, 11) is 2.17. The van der Waals surface area contributed by atoms with Crippen LogP contribution in [0.2, 0.25) is 0 Å². The van der Waals surface area contributed by atoms with E-state index in [1.165, 1.54) is 6.42 Å². The van der Waals surface area contributed by atoms with Crippen LogP contribution >= 0.6 is 12.4 Å². The highest BCUT2D eigenvalue weighted by Crippen LogP contribution is 2.17. The minimum atomic E-state index is 0. The molecule has 21 heavy (non-hydrogen) atoms. The predicted octanol–water partition coefficient (Wildman–Crippen LogP) is 2.57. The van der Waals surface area contributed by atoms with Crippen LogP contribution in [0.25, 0.3) is 0 Å². The maximum Gasteiger partial charge on any atom is 0.119 e. The summed E-state index contributed by atoms with van der Waals surface area (Å²) >= 11 is 0. The van der Waals surface area contributed by atoms with Gasteiger partial charge >= 0.3 is 0 Å². The van der Waals surface area contributed by atoms with Crippen molar-refractivity contribution in [1.82, 2.24) is 10.2 Å². The highest BCUT2D eigenvalue weighted by molar-refractivity contribution is 5.85. The van der Waals surface area contributed by atoms with Crippen LogP contribution in [-0.4, -0.2) is 50.8 Å². The first-order chi connectivity index (χ1) is 9.79. The topological polar surface area (TPSA) is 33.7 Å². The lowest BCUT2D eigenvalue weighted by atomic mass is 10.2. The predicted molar refractivity (Wildman–Crippen MR) is 88.9 cm³/mol. The van der Waals surface area contributed by atoms with E-state index in [0.717, 1.165) is 50.8 Å². The number of nitrogens with one attached hydrogen (secondary N) is 1. The van der Waals surface area contributed by atoms with Gasteiger partial charge in [-0.15, -0.1) is 12.4 Å². The summed E-state index contributed by atoms with van der Waals surface area (Å²) in [5.41, 5.74) is 0. The van der Waals surface area contributed by atoms with Gasteiger partial charge < -0.3 is 14.8 Å². The van der Waals surface area contributed by atoms with Gasteiger partial charge in [-0.05, 0) is 50.7 Å². The second kappa shape index (κ2) is 9.87. The summed E-state index contributed by atoms with van der Waals surface area (Å²) < 4.78 is 11.3. The molecule has 0 aliphatic carbocycles. The minimum absolute atomic E-state index is 0. The van der Waals surface area contributed by atoms with E-state index in [1.54, 1.807) is 0 Å². The van der Waals surface area contributed by atoms with Crippen LogP contribution in [0.4, 0.5) is 0 Å². The van der Waals surface area contributed by atoms with Gasteiger partial charge in [-0.25, -0.2) is 0 Å². The van der Waals surface area contributed by atoms with Crippen molar-refractivity contribution in [3.05, 3.63) is 24.3 Å². The third kappa shape index (κ3) is 6.12. The number of nitrogens with zero attached hydrogens (tertiary/aromatic N) is 1. The quantitative estimate of drug-likeness (QED) is 0.799. The van der Waals surface area contributed by atoms with Gasteiger partial charge in [0.25, 0.3) is 0 Å². The lowest BCUT2D eigenvalue weighted by Crippen LogP contribution is -2.36. The van der Waals surface area contributed by atoms with Gasteiger partial charge in [0.2, 0.25) is 0 Å². The number of ether oxygens (including phenoxy) is 2. The third-order valence-corrected chi connectivity index (χ3v) is 3.67. The summed E-state index contributed by atoms with van der Waals surface area (Å²) in [6.07, 6.45) is 2.26. The first-order valence-corrected chi connectivity index (χ1v) is 7.56. The zero-order valence-electron chi connectivity index (χ0n) is 13.0. The molecule has 1 aromatic carbocycles. The number of benzene rings is 1. The van der Waals surface area contributed by atoms with Crippen molar-refractivity contribution in [1.29, 1.82) is 0 Å². The first-order valence-electron chi connectivity index (χ1n) is 7.56. The zero-order valence-corrected chi connectivity index (χ0v) is 13.8. The van der Waals surface area contributed by atoms with E-state index in [-0.39, 0.29) is 12.4 Å². The Labute approximate surface area is 134 Å². The van der Waals surface area contributed by atoms with E-state index >= 15 is 0 Å². The molecule has 1 fully saturated rings. The molecule has 2 rings (SSSR count). The van der Waals surface area contributed by atoms with Crippen molar-refractivity contribution in [3.63, 3.8) is 0 Å². The van der Waals surface area contributed by atoms with E-state index in [4.69, 9.17) is 9.47 Å². The molecule has 1 aliphatic rings. The summed E-state index contributed by atoms with van der Waals surface area (Å²) in [5, 5.41) is 3.39. The fourth-order valence-corrected chi connectivity index (χ4v) is 2.36. The number of hydrogen-bond acceptors (Lipinski definition) is 4. The molecule has 5 heteroatoms. The molecule has 1 unspecified atom stereocenters. The molecule has 0 aromatic heterocycles. The van der Waals surface area contributed by atoms with E-state index < -0.39 is 0 Å². The second-order valence-corrected chi connectivity index (χ2v) is 5.30. The summed E-state index contributed by atoms with van der Waals surface area (Å²) in [6, 6.07) is 8.54. The maximum atomic E-state index is 5.78. The molecule has 0 radical (unpaired) electrons. The molecule has 1 heterocycles. The Bertz CT molecular complexity index is 380. The molecule has 1 saturated heterocycles. The number of halogens is 1. The number of hydrogen-bond donors (Lipinski definition) is 1. The Morgan fingerprint density at radius 1 is 1.14 bits per heavy atom. The van der Waals surface area contributed by atoms with Gasteiger partial charge in [-0.2, -0.15) is 0 Å². The maximum absolute atomic E-state index is 5.78. The Morgan fingerprint density at radius 3 is 2.29 bits per heavy atom. The second-order valence-electron chi connectivity index (χ2n) is 5.30. The highest BCUT2D eigenvalue weighted by Gasteiger charge is 2.18. The van der Waals surface area contributed by atoms with Crippen molar-refractivity contribution < 1.29 is 9.47 Å².